The van der Waals surface area contributed by atoms with Gasteiger partial charge in [0.05, 0.1) is 0 Å². The molecule has 0 aliphatic rings. The molecule has 0 heterocycles. The molecule has 0 aromatic heterocycles. The molecule has 140 valence electrons. The third-order valence-corrected chi connectivity index (χ3v) is 10.5. The van der Waals surface area contributed by atoms with Crippen LogP contribution in [0.15, 0.2) is 0 Å². The summed E-state index contributed by atoms with van der Waals surface area (Å²) >= 11 is 0. The second kappa shape index (κ2) is 9.70. The van der Waals surface area contributed by atoms with Crippen LogP contribution in [0.25, 0.3) is 0 Å². The lowest BCUT2D eigenvalue weighted by Crippen LogP contribution is -2.59. The van der Waals surface area contributed by atoms with Gasteiger partial charge in [0.15, 0.2) is 27.5 Å². The van der Waals surface area contributed by atoms with E-state index in [1.807, 2.05) is 0 Å². The average Bonchev–Trinajstić information content (AvgIpc) is 2.35. The fourth-order valence-electron chi connectivity index (χ4n) is 2.55. The Balaban J connectivity index is 5.65. The van der Waals surface area contributed by atoms with Gasteiger partial charge in [0.2, 0.25) is 19.5 Å². The normalized spacial score (nSPS) is 19.8. The summed E-state index contributed by atoms with van der Waals surface area (Å²) in [7, 11) is -3.96. The van der Waals surface area contributed by atoms with Crippen molar-refractivity contribution in [3.05, 3.63) is 0 Å². The lowest BCUT2D eigenvalue weighted by molar-refractivity contribution is -0.252. The molecule has 2 unspecified atom stereocenters. The van der Waals surface area contributed by atoms with E-state index in [0.29, 0.717) is 0 Å². The summed E-state index contributed by atoms with van der Waals surface area (Å²) in [4.78, 5) is 0. The molecule has 0 spiro atoms. The van der Waals surface area contributed by atoms with Gasteiger partial charge in [-0.2, -0.15) is 0 Å². The van der Waals surface area contributed by atoms with Gasteiger partial charge in [-0.3, -0.25) is 0 Å². The van der Waals surface area contributed by atoms with E-state index in [9.17, 15) is 0 Å². The Bertz CT molecular complexity index is 316. The molecule has 0 amide bonds. The second-order valence-corrected chi connectivity index (χ2v) is 24.1. The van der Waals surface area contributed by atoms with Gasteiger partial charge in [-0.15, -0.1) is 0 Å². The molecule has 0 radical (unpaired) electrons. The summed E-state index contributed by atoms with van der Waals surface area (Å²) in [5.74, 6) is 0. The van der Waals surface area contributed by atoms with E-state index >= 15 is 0 Å². The molecule has 0 N–H and O–H groups in total. The van der Waals surface area contributed by atoms with Crippen molar-refractivity contribution in [3.63, 3.8) is 0 Å². The largest absolute Gasteiger partial charge is 0.464 e. The van der Waals surface area contributed by atoms with E-state index in [-0.39, 0.29) is 0 Å². The van der Waals surface area contributed by atoms with Crippen LogP contribution in [-0.4, -0.2) is 68.0 Å². The molecule has 0 saturated carbocycles. The molecule has 23 heavy (non-hydrogen) atoms. The van der Waals surface area contributed by atoms with E-state index in [1.54, 1.807) is 0 Å². The predicted molar refractivity (Wildman–Crippen MR) is 115 cm³/mol. The van der Waals surface area contributed by atoms with Gasteiger partial charge in [0.25, 0.3) is 0 Å². The highest BCUT2D eigenvalue weighted by Crippen LogP contribution is 2.32. The number of rotatable bonds is 12. The monoisotopic (exact) mass is 430 g/mol. The van der Waals surface area contributed by atoms with Gasteiger partial charge in [0, 0.05) is 0 Å². The molecule has 0 fully saturated rings. The van der Waals surface area contributed by atoms with Crippen LogP contribution in [0.5, 0.6) is 0 Å². The molecule has 11 heteroatoms. The number of hydrogen-bond donors (Lipinski definition) is 0. The fourth-order valence-corrected chi connectivity index (χ4v) is 13.0. The molecule has 0 aromatic carbocycles. The Morgan fingerprint density at radius 1 is 0.739 bits per heavy atom. The summed E-state index contributed by atoms with van der Waals surface area (Å²) in [5.41, 5.74) is -1.18. The Morgan fingerprint density at radius 2 is 1.04 bits per heavy atom. The average molecular weight is 431 g/mol. The molecule has 0 bridgehead atoms. The minimum Gasteiger partial charge on any atom is -0.464 e. The first-order valence-electron chi connectivity index (χ1n) is 8.45. The summed E-state index contributed by atoms with van der Waals surface area (Å²) < 4.78 is 31.2. The maximum atomic E-state index is 6.70. The number of hydrogen-bond acceptors (Lipinski definition) is 5. The zero-order valence-electron chi connectivity index (χ0n) is 16.9. The molecule has 5 nitrogen and oxygen atoms in total. The van der Waals surface area contributed by atoms with Crippen LogP contribution >= 0.6 is 0 Å². The van der Waals surface area contributed by atoms with E-state index < -0.39 is 47.0 Å². The quantitative estimate of drug-likeness (QED) is 0.311. The van der Waals surface area contributed by atoms with Crippen molar-refractivity contribution < 1.29 is 21.8 Å². The van der Waals surface area contributed by atoms with Crippen LogP contribution in [-0.2, 0) is 21.8 Å². The van der Waals surface area contributed by atoms with Crippen molar-refractivity contribution in [1.29, 1.82) is 0 Å². The molecule has 0 aliphatic carbocycles. The lowest BCUT2D eigenvalue weighted by atomic mass is 10.4. The molecular formula is C12H38O5Si6. The zero-order chi connectivity index (χ0) is 18.4. The van der Waals surface area contributed by atoms with E-state index in [0.717, 1.165) is 33.8 Å². The summed E-state index contributed by atoms with van der Waals surface area (Å²) in [6.07, 6.45) is 1.61. The van der Waals surface area contributed by atoms with Crippen molar-refractivity contribution in [2.24, 2.45) is 0 Å². The van der Waals surface area contributed by atoms with Gasteiger partial charge < -0.3 is 21.8 Å². The SMILES string of the molecule is CCC(OC(CC)(O[Si](C)(C)C)[SiH2]O[SiH3])(O[Si](C)(C)C)[SiH2]O[SiH3]. The third-order valence-electron chi connectivity index (χ3n) is 3.16. The smallest absolute Gasteiger partial charge is 0.213 e. The van der Waals surface area contributed by atoms with Gasteiger partial charge in [-0.25, -0.2) is 0 Å². The van der Waals surface area contributed by atoms with Crippen molar-refractivity contribution in [3.8, 4) is 0 Å². The van der Waals surface area contributed by atoms with Crippen molar-refractivity contribution in [2.75, 3.05) is 0 Å². The van der Waals surface area contributed by atoms with Gasteiger partial charge in [0.1, 0.15) is 21.0 Å². The first-order valence-corrected chi connectivity index (χ1v) is 19.5. The molecule has 0 rings (SSSR count). The van der Waals surface area contributed by atoms with Gasteiger partial charge >= 0.3 is 0 Å². The van der Waals surface area contributed by atoms with Crippen LogP contribution in [0.1, 0.15) is 26.7 Å². The maximum absolute atomic E-state index is 6.70. The van der Waals surface area contributed by atoms with Crippen molar-refractivity contribution in [1.82, 2.24) is 0 Å². The maximum Gasteiger partial charge on any atom is 0.213 e. The minimum absolute atomic E-state index is 0.588. The molecule has 0 aromatic rings. The van der Waals surface area contributed by atoms with Gasteiger partial charge in [-0.05, 0) is 52.1 Å². The molecular weight excluding hydrogens is 393 g/mol. The van der Waals surface area contributed by atoms with Crippen molar-refractivity contribution >= 4 is 57.1 Å². The van der Waals surface area contributed by atoms with Crippen LogP contribution in [0.3, 0.4) is 0 Å². The van der Waals surface area contributed by atoms with E-state index in [1.165, 1.54) is 0 Å². The highest BCUT2D eigenvalue weighted by atomic mass is 28.4. The highest BCUT2D eigenvalue weighted by molar-refractivity contribution is 6.70. The lowest BCUT2D eigenvalue weighted by Gasteiger charge is -2.47. The van der Waals surface area contributed by atoms with E-state index in [2.05, 4.69) is 53.1 Å². The summed E-state index contributed by atoms with van der Waals surface area (Å²) in [6, 6.07) is 0. The number of ether oxygens (including phenoxy) is 1. The van der Waals surface area contributed by atoms with Crippen LogP contribution in [0, 0.1) is 0 Å². The highest BCUT2D eigenvalue weighted by Gasteiger charge is 2.46. The van der Waals surface area contributed by atoms with Gasteiger partial charge in [-0.1, -0.05) is 13.8 Å². The zero-order valence-corrected chi connectivity index (χ0v) is 25.7. The second-order valence-electron chi connectivity index (χ2n) is 7.93. The molecule has 2 atom stereocenters. The minimum atomic E-state index is -1.76. The molecule has 0 saturated heterocycles. The van der Waals surface area contributed by atoms with Crippen LogP contribution < -0.4 is 0 Å². The topological polar surface area (TPSA) is 46.2 Å². The Labute approximate surface area is 155 Å². The van der Waals surface area contributed by atoms with E-state index in [4.69, 9.17) is 21.8 Å². The van der Waals surface area contributed by atoms with Crippen LogP contribution in [0.4, 0.5) is 0 Å². The Hall–Kier alpha value is 1.10. The standard InChI is InChI=1S/C12H38O5Si6/c1-9-11(20-16-18,14-22(3,4)5)13-12(10-2,21-17-19)15-23(6,7)8/h9-10,20-21H2,1-8,18-19H3. The predicted octanol–water partition coefficient (Wildman–Crippen LogP) is -0.405. The Kier molecular flexibility index (Phi) is 10.2. The van der Waals surface area contributed by atoms with Crippen LogP contribution in [0.2, 0.25) is 39.3 Å². The molecule has 0 aliphatic heterocycles. The summed E-state index contributed by atoms with van der Waals surface area (Å²) in [5, 5.41) is 0. The fraction of sp³-hybridized carbons (Fsp3) is 1.00. The van der Waals surface area contributed by atoms with Crippen molar-refractivity contribution in [2.45, 2.75) is 76.8 Å². The Morgan fingerprint density at radius 3 is 1.22 bits per heavy atom. The summed E-state index contributed by atoms with van der Waals surface area (Å²) in [6.45, 7) is 17.5. The first-order chi connectivity index (χ1) is 10.4. The first kappa shape index (κ1) is 24.1. The third kappa shape index (κ3) is 9.39.